The monoisotopic (exact) mass is 504 g/mol. The van der Waals surface area contributed by atoms with Crippen molar-refractivity contribution in [3.05, 3.63) is 87.2 Å². The minimum Gasteiger partial charge on any atom is -0.490 e. The fraction of sp³-hybridized carbons (Fsp3) is 0.200. The van der Waals surface area contributed by atoms with Gasteiger partial charge in [-0.2, -0.15) is 5.10 Å². The first kappa shape index (κ1) is 25.3. The first-order valence-electron chi connectivity index (χ1n) is 10.5. The number of hydrogen-bond acceptors (Lipinski definition) is 5. The van der Waals surface area contributed by atoms with Crippen molar-refractivity contribution < 1.29 is 23.4 Å². The summed E-state index contributed by atoms with van der Waals surface area (Å²) in [6, 6.07) is 14.3. The van der Waals surface area contributed by atoms with E-state index in [2.05, 4.69) is 10.5 Å². The molecular formula is C25H23Cl2FN2O4. The van der Waals surface area contributed by atoms with Crippen LogP contribution < -0.4 is 19.6 Å². The van der Waals surface area contributed by atoms with E-state index in [1.807, 2.05) is 13.8 Å². The molecule has 34 heavy (non-hydrogen) atoms. The van der Waals surface area contributed by atoms with Crippen LogP contribution in [-0.4, -0.2) is 25.3 Å². The number of ether oxygens (including phenoxy) is 3. The van der Waals surface area contributed by atoms with Crippen molar-refractivity contribution in [2.45, 2.75) is 20.5 Å². The topological polar surface area (TPSA) is 69.2 Å². The Morgan fingerprint density at radius 2 is 1.65 bits per heavy atom. The molecule has 0 saturated heterocycles. The lowest BCUT2D eigenvalue weighted by molar-refractivity contribution is 0.0954. The van der Waals surface area contributed by atoms with Crippen molar-refractivity contribution in [1.82, 2.24) is 5.43 Å². The third-order valence-corrected chi connectivity index (χ3v) is 5.10. The summed E-state index contributed by atoms with van der Waals surface area (Å²) >= 11 is 12.6. The fourth-order valence-electron chi connectivity index (χ4n) is 2.98. The van der Waals surface area contributed by atoms with E-state index in [-0.39, 0.29) is 28.2 Å². The van der Waals surface area contributed by atoms with Crippen molar-refractivity contribution in [2.24, 2.45) is 5.10 Å². The maximum absolute atomic E-state index is 13.8. The van der Waals surface area contributed by atoms with E-state index in [0.29, 0.717) is 41.4 Å². The van der Waals surface area contributed by atoms with Gasteiger partial charge in [0.25, 0.3) is 5.91 Å². The first-order valence-corrected chi connectivity index (χ1v) is 11.3. The van der Waals surface area contributed by atoms with Gasteiger partial charge in [0.05, 0.1) is 29.5 Å². The van der Waals surface area contributed by atoms with Gasteiger partial charge in [-0.05, 0) is 55.8 Å². The first-order chi connectivity index (χ1) is 16.4. The normalized spacial score (nSPS) is 10.9. The largest absolute Gasteiger partial charge is 0.490 e. The fourth-order valence-corrected chi connectivity index (χ4v) is 3.59. The molecule has 0 heterocycles. The molecule has 0 saturated carbocycles. The van der Waals surface area contributed by atoms with Gasteiger partial charge in [0.15, 0.2) is 17.2 Å². The van der Waals surface area contributed by atoms with Gasteiger partial charge in [0.2, 0.25) is 0 Å². The number of carbonyl (C=O) groups is 1. The van der Waals surface area contributed by atoms with Crippen molar-refractivity contribution in [1.29, 1.82) is 0 Å². The molecule has 9 heteroatoms. The molecule has 0 aromatic heterocycles. The van der Waals surface area contributed by atoms with Gasteiger partial charge in [0, 0.05) is 11.1 Å². The van der Waals surface area contributed by atoms with Crippen molar-refractivity contribution >= 4 is 35.3 Å². The molecule has 178 valence electrons. The Kier molecular flexibility index (Phi) is 9.13. The van der Waals surface area contributed by atoms with Gasteiger partial charge >= 0.3 is 0 Å². The Hall–Kier alpha value is -3.29. The number of carbonyl (C=O) groups excluding carboxylic acids is 1. The van der Waals surface area contributed by atoms with Crippen molar-refractivity contribution in [3.8, 4) is 17.2 Å². The lowest BCUT2D eigenvalue weighted by atomic mass is 10.2. The third kappa shape index (κ3) is 6.62. The number of hydrazone groups is 1. The summed E-state index contributed by atoms with van der Waals surface area (Å²) in [5.41, 5.74) is 3.72. The Bertz CT molecular complexity index is 1160. The molecule has 0 aliphatic rings. The molecule has 3 rings (SSSR count). The zero-order valence-electron chi connectivity index (χ0n) is 18.6. The van der Waals surface area contributed by atoms with Gasteiger partial charge in [-0.25, -0.2) is 9.82 Å². The van der Waals surface area contributed by atoms with Crippen LogP contribution in [-0.2, 0) is 6.61 Å². The number of nitrogens with one attached hydrogen (secondary N) is 1. The second kappa shape index (κ2) is 12.3. The summed E-state index contributed by atoms with van der Waals surface area (Å²) in [6.07, 6.45) is 1.40. The molecule has 0 bridgehead atoms. The molecule has 0 radical (unpaired) electrons. The van der Waals surface area contributed by atoms with E-state index in [0.717, 1.165) is 0 Å². The van der Waals surface area contributed by atoms with Crippen LogP contribution in [0.2, 0.25) is 10.0 Å². The molecule has 1 amide bonds. The molecule has 3 aromatic rings. The molecule has 0 atom stereocenters. The van der Waals surface area contributed by atoms with Crippen LogP contribution in [0.25, 0.3) is 0 Å². The predicted molar refractivity (Wildman–Crippen MR) is 131 cm³/mol. The van der Waals surface area contributed by atoms with Gasteiger partial charge in [-0.3, -0.25) is 4.79 Å². The van der Waals surface area contributed by atoms with E-state index in [9.17, 15) is 9.18 Å². The Balaban J connectivity index is 1.66. The lowest BCUT2D eigenvalue weighted by Crippen LogP contribution is -2.17. The minimum atomic E-state index is -0.428. The Morgan fingerprint density at radius 3 is 2.32 bits per heavy atom. The van der Waals surface area contributed by atoms with Gasteiger partial charge in [0.1, 0.15) is 12.4 Å². The SMILES string of the molecule is CCOc1ccc(C(=O)N/N=C/c2cc(Cl)c(OCc3ccccc3F)c(Cl)c2)cc1OCC. The summed E-state index contributed by atoms with van der Waals surface area (Å²) in [7, 11) is 0. The molecule has 0 aliphatic carbocycles. The summed E-state index contributed by atoms with van der Waals surface area (Å²) < 4.78 is 30.4. The number of amides is 1. The average Bonchev–Trinajstić information content (AvgIpc) is 2.81. The second-order valence-electron chi connectivity index (χ2n) is 6.92. The number of halogens is 3. The van der Waals surface area contributed by atoms with Crippen LogP contribution in [0.4, 0.5) is 4.39 Å². The standard InChI is InChI=1S/C25H23Cl2FN2O4/c1-3-32-22-10-9-17(13-23(22)33-4-2)25(31)30-29-14-16-11-19(26)24(20(27)12-16)34-15-18-7-5-6-8-21(18)28/h5-14H,3-4,15H2,1-2H3,(H,30,31)/b29-14+. The Labute approximate surface area is 207 Å². The molecule has 0 fully saturated rings. The van der Waals surface area contributed by atoms with Crippen molar-refractivity contribution in [2.75, 3.05) is 13.2 Å². The van der Waals surface area contributed by atoms with Crippen molar-refractivity contribution in [3.63, 3.8) is 0 Å². The highest BCUT2D eigenvalue weighted by Crippen LogP contribution is 2.34. The molecule has 0 aliphatic heterocycles. The minimum absolute atomic E-state index is 0.0264. The maximum atomic E-state index is 13.8. The highest BCUT2D eigenvalue weighted by molar-refractivity contribution is 6.37. The van der Waals surface area contributed by atoms with Crippen LogP contribution in [0, 0.1) is 5.82 Å². The molecular weight excluding hydrogens is 482 g/mol. The summed E-state index contributed by atoms with van der Waals surface area (Å²) in [4.78, 5) is 12.5. The summed E-state index contributed by atoms with van der Waals surface area (Å²) in [5, 5.41) is 4.42. The smallest absolute Gasteiger partial charge is 0.271 e. The van der Waals surface area contributed by atoms with E-state index in [1.165, 1.54) is 12.3 Å². The molecule has 0 unspecified atom stereocenters. The zero-order valence-corrected chi connectivity index (χ0v) is 20.1. The van der Waals surface area contributed by atoms with Gasteiger partial charge in [-0.15, -0.1) is 0 Å². The number of hydrogen-bond donors (Lipinski definition) is 1. The van der Waals surface area contributed by atoms with E-state index in [4.69, 9.17) is 37.4 Å². The van der Waals surface area contributed by atoms with Crippen LogP contribution in [0.15, 0.2) is 59.7 Å². The molecule has 3 aromatic carbocycles. The number of benzene rings is 3. The number of nitrogens with zero attached hydrogens (tertiary/aromatic N) is 1. The van der Waals surface area contributed by atoms with E-state index >= 15 is 0 Å². The molecule has 6 nitrogen and oxygen atoms in total. The van der Waals surface area contributed by atoms with Crippen LogP contribution in [0.3, 0.4) is 0 Å². The highest BCUT2D eigenvalue weighted by Gasteiger charge is 2.13. The van der Waals surface area contributed by atoms with Gasteiger partial charge in [-0.1, -0.05) is 41.4 Å². The van der Waals surface area contributed by atoms with Crippen LogP contribution in [0.5, 0.6) is 17.2 Å². The quantitative estimate of drug-likeness (QED) is 0.260. The zero-order chi connectivity index (χ0) is 24.5. The average molecular weight is 505 g/mol. The van der Waals surface area contributed by atoms with E-state index in [1.54, 1.807) is 48.5 Å². The summed E-state index contributed by atoms with van der Waals surface area (Å²) in [5.74, 6) is 0.458. The Morgan fingerprint density at radius 1 is 0.971 bits per heavy atom. The highest BCUT2D eigenvalue weighted by atomic mass is 35.5. The lowest BCUT2D eigenvalue weighted by Gasteiger charge is -2.12. The third-order valence-electron chi connectivity index (χ3n) is 4.54. The van der Waals surface area contributed by atoms with Crippen LogP contribution >= 0.6 is 23.2 Å². The second-order valence-corrected chi connectivity index (χ2v) is 7.73. The van der Waals surface area contributed by atoms with Gasteiger partial charge < -0.3 is 14.2 Å². The maximum Gasteiger partial charge on any atom is 0.271 e. The predicted octanol–water partition coefficient (Wildman–Crippen LogP) is 6.27. The molecule has 0 spiro atoms. The summed E-state index contributed by atoms with van der Waals surface area (Å²) in [6.45, 7) is 4.60. The molecule has 1 N–H and O–H groups in total. The van der Waals surface area contributed by atoms with E-state index < -0.39 is 5.91 Å². The number of rotatable bonds is 10. The van der Waals surface area contributed by atoms with Crippen LogP contribution in [0.1, 0.15) is 35.3 Å².